The Morgan fingerprint density at radius 1 is 0.750 bits per heavy atom. The lowest BCUT2D eigenvalue weighted by molar-refractivity contribution is 0.555. The van der Waals surface area contributed by atoms with E-state index in [9.17, 15) is 0 Å². The smallest absolute Gasteiger partial charge is 0.0397 e. The lowest BCUT2D eigenvalue weighted by Gasteiger charge is -2.11. The molecule has 0 bridgehead atoms. The molecule has 0 saturated carbocycles. The maximum atomic E-state index is 3.56. The zero-order valence-electron chi connectivity index (χ0n) is 16.4. The van der Waals surface area contributed by atoms with Gasteiger partial charge in [-0.1, -0.05) is 101 Å². The van der Waals surface area contributed by atoms with Gasteiger partial charge in [-0.2, -0.15) is 0 Å². The van der Waals surface area contributed by atoms with Crippen LogP contribution in [0.3, 0.4) is 0 Å². The van der Waals surface area contributed by atoms with Crippen LogP contribution in [0, 0.1) is 0 Å². The number of hydrogen-bond donors (Lipinski definition) is 1. The summed E-state index contributed by atoms with van der Waals surface area (Å²) in [5.41, 5.74) is 4.23. The van der Waals surface area contributed by atoms with Crippen molar-refractivity contribution in [2.24, 2.45) is 0 Å². The molecule has 0 unspecified atom stereocenters. The number of unbranched alkanes of at least 4 members (excludes halogenated alkanes) is 9. The number of hydrogen-bond acceptors (Lipinski definition) is 1. The third-order valence-corrected chi connectivity index (χ3v) is 4.95. The van der Waals surface area contributed by atoms with Gasteiger partial charge in [0.1, 0.15) is 0 Å². The zero-order chi connectivity index (χ0) is 17.5. The Labute approximate surface area is 150 Å². The van der Waals surface area contributed by atoms with Crippen molar-refractivity contribution < 1.29 is 0 Å². The van der Waals surface area contributed by atoms with Gasteiger partial charge in [-0.05, 0) is 32.3 Å². The number of nitrogens with one attached hydrogen (secondary N) is 1. The second-order valence-electron chi connectivity index (χ2n) is 7.18. The van der Waals surface area contributed by atoms with Crippen molar-refractivity contribution in [1.29, 1.82) is 0 Å². The molecule has 1 heteroatoms. The van der Waals surface area contributed by atoms with Gasteiger partial charge in [-0.3, -0.25) is 0 Å². The Morgan fingerprint density at radius 3 is 1.88 bits per heavy atom. The summed E-state index contributed by atoms with van der Waals surface area (Å²) in [6, 6.07) is 10.6. The maximum Gasteiger partial charge on any atom is 0.0397 e. The van der Waals surface area contributed by atoms with Gasteiger partial charge >= 0.3 is 0 Å². The third kappa shape index (κ3) is 10.5. The molecule has 0 aliphatic carbocycles. The molecule has 0 saturated heterocycles. The van der Waals surface area contributed by atoms with Crippen LogP contribution in [0.2, 0.25) is 0 Å². The fraction of sp³-hybridized carbons (Fsp3) is 0.652. The SMILES string of the molecule is CCCCCCCCCCCC/C(C)=C(/C)NCc1ccccc1. The van der Waals surface area contributed by atoms with Gasteiger partial charge in [-0.25, -0.2) is 0 Å². The van der Waals surface area contributed by atoms with E-state index in [1.54, 1.807) is 0 Å². The Balaban J connectivity index is 2.02. The number of benzene rings is 1. The highest BCUT2D eigenvalue weighted by Gasteiger charge is 1.99. The largest absolute Gasteiger partial charge is 0.385 e. The Bertz CT molecular complexity index is 433. The summed E-state index contributed by atoms with van der Waals surface area (Å²) in [4.78, 5) is 0. The van der Waals surface area contributed by atoms with Crippen molar-refractivity contribution in [3.63, 3.8) is 0 Å². The van der Waals surface area contributed by atoms with Crippen LogP contribution in [0.1, 0.15) is 97.0 Å². The van der Waals surface area contributed by atoms with Crippen LogP contribution in [-0.2, 0) is 6.54 Å². The predicted octanol–water partition coefficient (Wildman–Crippen LogP) is 7.38. The highest BCUT2D eigenvalue weighted by Crippen LogP contribution is 2.15. The molecule has 1 aromatic rings. The van der Waals surface area contributed by atoms with E-state index in [1.807, 2.05) is 0 Å². The van der Waals surface area contributed by atoms with Gasteiger partial charge in [-0.15, -0.1) is 0 Å². The molecule has 1 N–H and O–H groups in total. The summed E-state index contributed by atoms with van der Waals surface area (Å²) < 4.78 is 0. The quantitative estimate of drug-likeness (QED) is 0.351. The molecule has 1 rings (SSSR count). The predicted molar refractivity (Wildman–Crippen MR) is 108 cm³/mol. The molecule has 0 fully saturated rings. The van der Waals surface area contributed by atoms with Gasteiger partial charge in [0, 0.05) is 12.2 Å². The number of allylic oxidation sites excluding steroid dienone is 2. The van der Waals surface area contributed by atoms with Crippen LogP contribution in [0.15, 0.2) is 41.6 Å². The maximum absolute atomic E-state index is 3.56. The van der Waals surface area contributed by atoms with Crippen molar-refractivity contribution >= 4 is 0 Å². The second kappa shape index (κ2) is 14.1. The molecular weight excluding hydrogens is 290 g/mol. The molecule has 1 aromatic carbocycles. The van der Waals surface area contributed by atoms with Crippen molar-refractivity contribution in [2.75, 3.05) is 0 Å². The molecule has 1 nitrogen and oxygen atoms in total. The Hall–Kier alpha value is -1.24. The molecular formula is C23H39N. The molecule has 0 aromatic heterocycles. The van der Waals surface area contributed by atoms with Crippen molar-refractivity contribution in [3.8, 4) is 0 Å². The average Bonchev–Trinajstić information content (AvgIpc) is 2.62. The molecule has 0 spiro atoms. The molecule has 0 aliphatic rings. The highest BCUT2D eigenvalue weighted by molar-refractivity contribution is 5.16. The summed E-state index contributed by atoms with van der Waals surface area (Å²) >= 11 is 0. The van der Waals surface area contributed by atoms with Crippen molar-refractivity contribution in [2.45, 2.75) is 97.9 Å². The molecule has 0 amide bonds. The summed E-state index contributed by atoms with van der Waals surface area (Å²) in [6.45, 7) is 7.72. The van der Waals surface area contributed by atoms with Crippen LogP contribution < -0.4 is 5.32 Å². The van der Waals surface area contributed by atoms with Crippen LogP contribution in [-0.4, -0.2) is 0 Å². The minimum atomic E-state index is 0.933. The molecule has 0 radical (unpaired) electrons. The minimum absolute atomic E-state index is 0.933. The second-order valence-corrected chi connectivity index (χ2v) is 7.18. The van der Waals surface area contributed by atoms with Crippen LogP contribution >= 0.6 is 0 Å². The van der Waals surface area contributed by atoms with E-state index in [0.717, 1.165) is 6.54 Å². The molecule has 0 aliphatic heterocycles. The van der Waals surface area contributed by atoms with Gasteiger partial charge in [0.25, 0.3) is 0 Å². The van der Waals surface area contributed by atoms with Gasteiger partial charge in [0.2, 0.25) is 0 Å². The van der Waals surface area contributed by atoms with Crippen molar-refractivity contribution in [1.82, 2.24) is 5.32 Å². The van der Waals surface area contributed by atoms with E-state index < -0.39 is 0 Å². The van der Waals surface area contributed by atoms with E-state index in [4.69, 9.17) is 0 Å². The molecule has 24 heavy (non-hydrogen) atoms. The first-order valence-corrected chi connectivity index (χ1v) is 10.2. The molecule has 0 heterocycles. The third-order valence-electron chi connectivity index (χ3n) is 4.95. The molecule has 136 valence electrons. The molecule has 0 atom stereocenters. The van der Waals surface area contributed by atoms with E-state index in [2.05, 4.69) is 56.4 Å². The normalized spacial score (nSPS) is 12.1. The number of rotatable bonds is 14. The highest BCUT2D eigenvalue weighted by atomic mass is 14.9. The van der Waals surface area contributed by atoms with Crippen LogP contribution in [0.25, 0.3) is 0 Å². The fourth-order valence-corrected chi connectivity index (χ4v) is 3.05. The van der Waals surface area contributed by atoms with E-state index in [0.29, 0.717) is 0 Å². The van der Waals surface area contributed by atoms with Gasteiger partial charge < -0.3 is 5.32 Å². The topological polar surface area (TPSA) is 12.0 Å². The lowest BCUT2D eigenvalue weighted by atomic mass is 10.0. The summed E-state index contributed by atoms with van der Waals surface area (Å²) in [5.74, 6) is 0. The van der Waals surface area contributed by atoms with E-state index in [1.165, 1.54) is 87.5 Å². The van der Waals surface area contributed by atoms with Crippen LogP contribution in [0.4, 0.5) is 0 Å². The first-order chi connectivity index (χ1) is 11.7. The van der Waals surface area contributed by atoms with Gasteiger partial charge in [0.05, 0.1) is 0 Å². The average molecular weight is 330 g/mol. The first kappa shape index (κ1) is 20.8. The fourth-order valence-electron chi connectivity index (χ4n) is 3.05. The van der Waals surface area contributed by atoms with E-state index in [-0.39, 0.29) is 0 Å². The van der Waals surface area contributed by atoms with Crippen LogP contribution in [0.5, 0.6) is 0 Å². The summed E-state index contributed by atoms with van der Waals surface area (Å²) in [5, 5.41) is 3.56. The standard InChI is InChI=1S/C23H39N/c1-4-5-6-7-8-9-10-11-12-14-17-21(2)22(3)24-20-23-18-15-13-16-19-23/h13,15-16,18-19,24H,4-12,14,17,20H2,1-3H3/b22-21-. The monoisotopic (exact) mass is 329 g/mol. The minimum Gasteiger partial charge on any atom is -0.385 e. The summed E-state index contributed by atoms with van der Waals surface area (Å²) in [7, 11) is 0. The van der Waals surface area contributed by atoms with E-state index >= 15 is 0 Å². The Kier molecular flexibility index (Phi) is 12.3. The van der Waals surface area contributed by atoms with Crippen molar-refractivity contribution in [3.05, 3.63) is 47.2 Å². The lowest BCUT2D eigenvalue weighted by Crippen LogP contribution is -2.12. The zero-order valence-corrected chi connectivity index (χ0v) is 16.4. The summed E-state index contributed by atoms with van der Waals surface area (Å²) in [6.07, 6.45) is 15.4. The first-order valence-electron chi connectivity index (χ1n) is 10.2. The van der Waals surface area contributed by atoms with Gasteiger partial charge in [0.15, 0.2) is 0 Å². The Morgan fingerprint density at radius 2 is 1.29 bits per heavy atom.